The number of carbonyl (C=O) groups is 1. The summed E-state index contributed by atoms with van der Waals surface area (Å²) >= 11 is 0. The molecule has 100 valence electrons. The lowest BCUT2D eigenvalue weighted by molar-refractivity contribution is -0.119. The Hall–Kier alpha value is -0.630. The Morgan fingerprint density at radius 1 is 1.18 bits per heavy atom. The fourth-order valence-corrected chi connectivity index (χ4v) is 2.02. The van der Waals surface area contributed by atoms with Crippen molar-refractivity contribution in [2.75, 3.05) is 6.54 Å². The minimum atomic E-state index is 0.244. The van der Waals surface area contributed by atoms with Gasteiger partial charge < -0.3 is 5.73 Å². The van der Waals surface area contributed by atoms with Crippen molar-refractivity contribution in [2.45, 2.75) is 59.8 Å². The number of allylic oxidation sites excluding steroid dienone is 1. The second-order valence-corrected chi connectivity index (χ2v) is 6.17. The lowest BCUT2D eigenvalue weighted by Crippen LogP contribution is -2.24. The molecule has 0 radical (unpaired) electrons. The summed E-state index contributed by atoms with van der Waals surface area (Å²) in [7, 11) is 0. The number of rotatable bonds is 8. The molecule has 2 heteroatoms. The molecule has 0 rings (SSSR count). The van der Waals surface area contributed by atoms with E-state index in [0.717, 1.165) is 24.8 Å². The van der Waals surface area contributed by atoms with Gasteiger partial charge in [0.05, 0.1) is 0 Å². The highest BCUT2D eigenvalue weighted by molar-refractivity contribution is 5.78. The van der Waals surface area contributed by atoms with Gasteiger partial charge in [-0.3, -0.25) is 4.79 Å². The molecule has 0 fully saturated rings. The fourth-order valence-electron chi connectivity index (χ4n) is 2.02. The molecule has 0 saturated heterocycles. The molecule has 0 bridgehead atoms. The number of ketones is 1. The molecule has 0 aliphatic rings. The van der Waals surface area contributed by atoms with Gasteiger partial charge in [-0.2, -0.15) is 0 Å². The molecule has 17 heavy (non-hydrogen) atoms. The zero-order valence-electron chi connectivity index (χ0n) is 12.0. The monoisotopic (exact) mass is 239 g/mol. The first kappa shape index (κ1) is 16.4. The van der Waals surface area contributed by atoms with Crippen LogP contribution in [0.1, 0.15) is 59.8 Å². The molecular weight excluding hydrogens is 210 g/mol. The van der Waals surface area contributed by atoms with Crippen LogP contribution < -0.4 is 5.73 Å². The summed E-state index contributed by atoms with van der Waals surface area (Å²) < 4.78 is 0. The standard InChI is InChI=1S/C15H29NO/c1-12(2)6-8-14(17)9-7-13(10-11-16)15(3,4)5/h13H,1,6-11,16H2,2-5H3. The lowest BCUT2D eigenvalue weighted by atomic mass is 9.76. The van der Waals surface area contributed by atoms with E-state index in [4.69, 9.17) is 5.73 Å². The number of hydrogen-bond donors (Lipinski definition) is 1. The Kier molecular flexibility index (Phi) is 7.37. The molecule has 0 saturated carbocycles. The fraction of sp³-hybridized carbons (Fsp3) is 0.800. The van der Waals surface area contributed by atoms with E-state index >= 15 is 0 Å². The molecule has 0 aromatic heterocycles. The van der Waals surface area contributed by atoms with E-state index in [1.807, 2.05) is 6.92 Å². The Labute approximate surface area is 107 Å². The van der Waals surface area contributed by atoms with Crippen molar-refractivity contribution in [3.63, 3.8) is 0 Å². The zero-order chi connectivity index (χ0) is 13.5. The first-order valence-electron chi connectivity index (χ1n) is 6.63. The number of carbonyl (C=O) groups excluding carboxylic acids is 1. The van der Waals surface area contributed by atoms with Crippen molar-refractivity contribution in [1.29, 1.82) is 0 Å². The van der Waals surface area contributed by atoms with Crippen LogP contribution in [0.4, 0.5) is 0 Å². The molecule has 2 nitrogen and oxygen atoms in total. The van der Waals surface area contributed by atoms with Crippen LogP contribution in [0, 0.1) is 11.3 Å². The topological polar surface area (TPSA) is 43.1 Å². The summed E-state index contributed by atoms with van der Waals surface area (Å²) in [6.07, 6.45) is 4.15. The van der Waals surface area contributed by atoms with Crippen molar-refractivity contribution >= 4 is 5.78 Å². The van der Waals surface area contributed by atoms with E-state index in [-0.39, 0.29) is 5.41 Å². The zero-order valence-corrected chi connectivity index (χ0v) is 12.0. The smallest absolute Gasteiger partial charge is 0.133 e. The minimum absolute atomic E-state index is 0.244. The van der Waals surface area contributed by atoms with Crippen molar-refractivity contribution in [1.82, 2.24) is 0 Å². The average molecular weight is 239 g/mol. The maximum Gasteiger partial charge on any atom is 0.133 e. The third-order valence-electron chi connectivity index (χ3n) is 3.34. The van der Waals surface area contributed by atoms with Gasteiger partial charge in [0.15, 0.2) is 0 Å². The highest BCUT2D eigenvalue weighted by Crippen LogP contribution is 2.32. The van der Waals surface area contributed by atoms with Crippen LogP contribution >= 0.6 is 0 Å². The van der Waals surface area contributed by atoms with E-state index in [9.17, 15) is 4.79 Å². The SMILES string of the molecule is C=C(C)CCC(=O)CCC(CCN)C(C)(C)C. The maximum absolute atomic E-state index is 11.7. The van der Waals surface area contributed by atoms with Crippen LogP contribution in [-0.2, 0) is 4.79 Å². The number of Topliss-reactive ketones (excluding diaryl/α,β-unsaturated/α-hetero) is 1. The molecule has 0 aromatic rings. The first-order chi connectivity index (χ1) is 7.77. The second kappa shape index (κ2) is 7.65. The van der Waals surface area contributed by atoms with Gasteiger partial charge in [0.2, 0.25) is 0 Å². The third kappa shape index (κ3) is 8.14. The number of hydrogen-bond acceptors (Lipinski definition) is 2. The van der Waals surface area contributed by atoms with Gasteiger partial charge in [-0.15, -0.1) is 6.58 Å². The van der Waals surface area contributed by atoms with E-state index in [1.54, 1.807) is 0 Å². The van der Waals surface area contributed by atoms with Gasteiger partial charge >= 0.3 is 0 Å². The molecule has 0 aliphatic heterocycles. The minimum Gasteiger partial charge on any atom is -0.330 e. The Bertz CT molecular complexity index is 250. The van der Waals surface area contributed by atoms with Gasteiger partial charge in [0.25, 0.3) is 0 Å². The van der Waals surface area contributed by atoms with E-state index in [2.05, 4.69) is 27.4 Å². The average Bonchev–Trinajstić information content (AvgIpc) is 2.19. The molecule has 0 aromatic carbocycles. The van der Waals surface area contributed by atoms with E-state index in [0.29, 0.717) is 31.1 Å². The van der Waals surface area contributed by atoms with E-state index in [1.165, 1.54) is 0 Å². The largest absolute Gasteiger partial charge is 0.330 e. The highest BCUT2D eigenvalue weighted by atomic mass is 16.1. The predicted octanol–water partition coefficient (Wildman–Crippen LogP) is 3.70. The van der Waals surface area contributed by atoms with Gasteiger partial charge in [0, 0.05) is 12.8 Å². The molecule has 1 unspecified atom stereocenters. The van der Waals surface area contributed by atoms with Gasteiger partial charge in [-0.1, -0.05) is 26.3 Å². The van der Waals surface area contributed by atoms with Gasteiger partial charge in [-0.05, 0) is 44.1 Å². The lowest BCUT2D eigenvalue weighted by Gasteiger charge is -2.30. The summed E-state index contributed by atoms with van der Waals surface area (Å²) in [5.41, 5.74) is 6.97. The Morgan fingerprint density at radius 2 is 1.76 bits per heavy atom. The highest BCUT2D eigenvalue weighted by Gasteiger charge is 2.24. The van der Waals surface area contributed by atoms with Gasteiger partial charge in [-0.25, -0.2) is 0 Å². The summed E-state index contributed by atoms with van der Waals surface area (Å²) in [6.45, 7) is 13.2. The van der Waals surface area contributed by atoms with Crippen molar-refractivity contribution in [3.05, 3.63) is 12.2 Å². The van der Waals surface area contributed by atoms with Crippen LogP contribution in [0.5, 0.6) is 0 Å². The summed E-state index contributed by atoms with van der Waals surface area (Å²) in [4.78, 5) is 11.7. The summed E-state index contributed by atoms with van der Waals surface area (Å²) in [5.74, 6) is 0.903. The number of nitrogens with two attached hydrogens (primary N) is 1. The van der Waals surface area contributed by atoms with Crippen LogP contribution in [0.25, 0.3) is 0 Å². The quantitative estimate of drug-likeness (QED) is 0.656. The molecule has 1 atom stereocenters. The van der Waals surface area contributed by atoms with Crippen molar-refractivity contribution in [2.24, 2.45) is 17.1 Å². The van der Waals surface area contributed by atoms with Crippen LogP contribution in [0.15, 0.2) is 12.2 Å². The molecule has 0 amide bonds. The Balaban J connectivity index is 4.04. The van der Waals surface area contributed by atoms with Crippen LogP contribution in [0.3, 0.4) is 0 Å². The maximum atomic E-state index is 11.7. The Morgan fingerprint density at radius 3 is 2.18 bits per heavy atom. The van der Waals surface area contributed by atoms with Crippen LogP contribution in [-0.4, -0.2) is 12.3 Å². The first-order valence-corrected chi connectivity index (χ1v) is 6.63. The predicted molar refractivity (Wildman–Crippen MR) is 74.9 cm³/mol. The summed E-state index contributed by atoms with van der Waals surface area (Å²) in [6, 6.07) is 0. The molecule has 0 spiro atoms. The molecule has 0 aliphatic carbocycles. The summed E-state index contributed by atoms with van der Waals surface area (Å²) in [5, 5.41) is 0. The molecule has 2 N–H and O–H groups in total. The molecule has 0 heterocycles. The third-order valence-corrected chi connectivity index (χ3v) is 3.34. The second-order valence-electron chi connectivity index (χ2n) is 6.17. The van der Waals surface area contributed by atoms with Crippen LogP contribution in [0.2, 0.25) is 0 Å². The van der Waals surface area contributed by atoms with Crippen molar-refractivity contribution < 1.29 is 4.79 Å². The van der Waals surface area contributed by atoms with E-state index < -0.39 is 0 Å². The van der Waals surface area contributed by atoms with Gasteiger partial charge in [0.1, 0.15) is 5.78 Å². The normalized spacial score (nSPS) is 13.5. The molecular formula is C15H29NO. The van der Waals surface area contributed by atoms with Crippen molar-refractivity contribution in [3.8, 4) is 0 Å².